The van der Waals surface area contributed by atoms with Crippen LogP contribution in [0, 0.1) is 5.41 Å². The number of hydrogen-bond donors (Lipinski definition) is 0. The third-order valence-corrected chi connectivity index (χ3v) is 4.63. The maximum atomic E-state index is 5.65. The van der Waals surface area contributed by atoms with Crippen molar-refractivity contribution in [3.8, 4) is 0 Å². The van der Waals surface area contributed by atoms with Crippen LogP contribution in [-0.4, -0.2) is 62.8 Å². The lowest BCUT2D eigenvalue weighted by molar-refractivity contribution is 0.0792. The summed E-state index contributed by atoms with van der Waals surface area (Å²) in [5.74, 6) is 0. The molecule has 0 radical (unpaired) electrons. The van der Waals surface area contributed by atoms with Crippen LogP contribution in [0.5, 0.6) is 0 Å². The number of nitrogens with zero attached hydrogens (tertiary/aromatic N) is 2. The fourth-order valence-electron chi connectivity index (χ4n) is 3.02. The molecule has 1 aliphatic rings. The Labute approximate surface area is 133 Å². The number of hydrogen-bond acceptors (Lipinski definition) is 3. The van der Waals surface area contributed by atoms with Crippen LogP contribution < -0.4 is 0 Å². The first kappa shape index (κ1) is 18.9. The van der Waals surface area contributed by atoms with Crippen molar-refractivity contribution in [3.05, 3.63) is 0 Å². The quantitative estimate of drug-likeness (QED) is 0.605. The molecule has 126 valence electrons. The van der Waals surface area contributed by atoms with Gasteiger partial charge in [0.15, 0.2) is 0 Å². The fraction of sp³-hybridized carbons (Fsp3) is 1.00. The minimum Gasteiger partial charge on any atom is -0.381 e. The number of piperazine rings is 1. The highest BCUT2D eigenvalue weighted by Gasteiger charge is 2.14. The van der Waals surface area contributed by atoms with Gasteiger partial charge in [0, 0.05) is 33.3 Å². The number of ether oxygens (including phenoxy) is 1. The van der Waals surface area contributed by atoms with Crippen molar-refractivity contribution in [2.24, 2.45) is 5.41 Å². The average Bonchev–Trinajstić information content (AvgIpc) is 2.42. The Kier molecular flexibility index (Phi) is 8.84. The van der Waals surface area contributed by atoms with Crippen molar-refractivity contribution in [2.45, 2.75) is 65.4 Å². The van der Waals surface area contributed by atoms with Crippen LogP contribution in [0.25, 0.3) is 0 Å². The van der Waals surface area contributed by atoms with E-state index in [1.165, 1.54) is 71.2 Å². The molecule has 1 rings (SSSR count). The Morgan fingerprint density at radius 3 is 2.14 bits per heavy atom. The van der Waals surface area contributed by atoms with Crippen LogP contribution in [0.15, 0.2) is 0 Å². The Morgan fingerprint density at radius 2 is 1.57 bits per heavy atom. The van der Waals surface area contributed by atoms with Crippen molar-refractivity contribution in [2.75, 3.05) is 46.9 Å². The lowest BCUT2D eigenvalue weighted by atomic mass is 9.89. The van der Waals surface area contributed by atoms with Gasteiger partial charge in [0.25, 0.3) is 0 Å². The van der Waals surface area contributed by atoms with Crippen molar-refractivity contribution in [3.63, 3.8) is 0 Å². The van der Waals surface area contributed by atoms with E-state index in [2.05, 4.69) is 37.6 Å². The molecule has 1 aliphatic heterocycles. The van der Waals surface area contributed by atoms with Gasteiger partial charge in [0.1, 0.15) is 0 Å². The molecule has 3 heteroatoms. The highest BCUT2D eigenvalue weighted by molar-refractivity contribution is 4.70. The Balaban J connectivity index is 2.04. The minimum atomic E-state index is 0.458. The lowest BCUT2D eigenvalue weighted by Crippen LogP contribution is -2.44. The molecule has 1 saturated heterocycles. The zero-order valence-electron chi connectivity index (χ0n) is 15.2. The van der Waals surface area contributed by atoms with Crippen LogP contribution in [0.3, 0.4) is 0 Å². The van der Waals surface area contributed by atoms with Gasteiger partial charge in [-0.05, 0) is 51.1 Å². The summed E-state index contributed by atoms with van der Waals surface area (Å²) < 4.78 is 5.65. The van der Waals surface area contributed by atoms with E-state index in [0.29, 0.717) is 11.5 Å². The summed E-state index contributed by atoms with van der Waals surface area (Å²) in [5, 5.41) is 0. The molecule has 0 aliphatic carbocycles. The molecule has 0 aromatic carbocycles. The zero-order chi connectivity index (χ0) is 15.7. The van der Waals surface area contributed by atoms with Gasteiger partial charge in [0.05, 0.1) is 6.10 Å². The van der Waals surface area contributed by atoms with E-state index in [-0.39, 0.29) is 0 Å². The second kappa shape index (κ2) is 9.81. The summed E-state index contributed by atoms with van der Waals surface area (Å²) in [5.41, 5.74) is 0.458. The van der Waals surface area contributed by atoms with Crippen molar-refractivity contribution in [1.29, 1.82) is 0 Å². The van der Waals surface area contributed by atoms with Gasteiger partial charge in [-0.2, -0.15) is 0 Å². The predicted octanol–water partition coefficient (Wildman–Crippen LogP) is 3.64. The zero-order valence-corrected chi connectivity index (χ0v) is 15.2. The van der Waals surface area contributed by atoms with Gasteiger partial charge < -0.3 is 14.5 Å². The third kappa shape index (κ3) is 9.49. The fourth-order valence-corrected chi connectivity index (χ4v) is 3.02. The molecule has 0 aromatic heterocycles. The number of unbranched alkanes of at least 4 members (excludes halogenated alkanes) is 1. The molecule has 0 unspecified atom stereocenters. The van der Waals surface area contributed by atoms with Crippen molar-refractivity contribution < 1.29 is 4.74 Å². The normalized spacial score (nSPS) is 19.9. The molecule has 1 atom stereocenters. The summed E-state index contributed by atoms with van der Waals surface area (Å²) in [6.45, 7) is 13.2. The number of methoxy groups -OCH3 is 1. The molecule has 0 saturated carbocycles. The second-order valence-corrected chi connectivity index (χ2v) is 7.95. The molecule has 1 heterocycles. The van der Waals surface area contributed by atoms with E-state index in [4.69, 9.17) is 4.74 Å². The van der Waals surface area contributed by atoms with Crippen molar-refractivity contribution in [1.82, 2.24) is 9.80 Å². The van der Waals surface area contributed by atoms with E-state index in [1.54, 1.807) is 0 Å². The number of rotatable bonds is 9. The summed E-state index contributed by atoms with van der Waals surface area (Å²) in [6, 6.07) is 0. The first-order valence-corrected chi connectivity index (χ1v) is 8.84. The van der Waals surface area contributed by atoms with Gasteiger partial charge >= 0.3 is 0 Å². The summed E-state index contributed by atoms with van der Waals surface area (Å²) in [6.07, 6.45) is 8.15. The highest BCUT2D eigenvalue weighted by atomic mass is 16.5. The Morgan fingerprint density at radius 1 is 0.952 bits per heavy atom. The van der Waals surface area contributed by atoms with E-state index in [0.717, 1.165) is 0 Å². The molecule has 0 aromatic rings. The molecule has 21 heavy (non-hydrogen) atoms. The lowest BCUT2D eigenvalue weighted by Gasteiger charge is -2.32. The Hall–Kier alpha value is -0.120. The molecule has 1 fully saturated rings. The number of likely N-dealkylation sites (N-methyl/N-ethyl adjacent to an activating group) is 1. The van der Waals surface area contributed by atoms with Gasteiger partial charge in [-0.3, -0.25) is 0 Å². The van der Waals surface area contributed by atoms with Crippen molar-refractivity contribution >= 4 is 0 Å². The Bertz CT molecular complexity index is 254. The molecular weight excluding hydrogens is 260 g/mol. The largest absolute Gasteiger partial charge is 0.381 e. The van der Waals surface area contributed by atoms with Crippen LogP contribution in [0.4, 0.5) is 0 Å². The van der Waals surface area contributed by atoms with Crippen LogP contribution >= 0.6 is 0 Å². The first-order chi connectivity index (χ1) is 9.90. The molecule has 0 amide bonds. The molecule has 0 spiro atoms. The van der Waals surface area contributed by atoms with E-state index < -0.39 is 0 Å². The second-order valence-electron chi connectivity index (χ2n) is 7.95. The standard InChI is InChI=1S/C18H38N2O/c1-18(2,3)11-8-10-17(21-5)9-6-7-12-20-15-13-19(4)14-16-20/h17H,6-16H2,1-5H3/t17-/m0/s1. The molecule has 0 bridgehead atoms. The molecule has 3 nitrogen and oxygen atoms in total. The van der Waals surface area contributed by atoms with Crippen LogP contribution in [0.1, 0.15) is 59.3 Å². The first-order valence-electron chi connectivity index (χ1n) is 8.84. The SMILES string of the molecule is CO[C@@H](CCCCN1CCN(C)CC1)CCCC(C)(C)C. The van der Waals surface area contributed by atoms with Gasteiger partial charge in [0.2, 0.25) is 0 Å². The topological polar surface area (TPSA) is 15.7 Å². The maximum absolute atomic E-state index is 5.65. The van der Waals surface area contributed by atoms with E-state index in [1.807, 2.05) is 7.11 Å². The minimum absolute atomic E-state index is 0.458. The smallest absolute Gasteiger partial charge is 0.0571 e. The highest BCUT2D eigenvalue weighted by Crippen LogP contribution is 2.23. The van der Waals surface area contributed by atoms with Gasteiger partial charge in [-0.25, -0.2) is 0 Å². The summed E-state index contributed by atoms with van der Waals surface area (Å²) in [7, 11) is 4.10. The summed E-state index contributed by atoms with van der Waals surface area (Å²) >= 11 is 0. The van der Waals surface area contributed by atoms with E-state index >= 15 is 0 Å². The average molecular weight is 299 g/mol. The molecular formula is C18H38N2O. The maximum Gasteiger partial charge on any atom is 0.0571 e. The van der Waals surface area contributed by atoms with Gasteiger partial charge in [-0.1, -0.05) is 27.2 Å². The molecule has 0 N–H and O–H groups in total. The van der Waals surface area contributed by atoms with Gasteiger partial charge in [-0.15, -0.1) is 0 Å². The van der Waals surface area contributed by atoms with E-state index in [9.17, 15) is 0 Å². The monoisotopic (exact) mass is 298 g/mol. The van der Waals surface area contributed by atoms with Crippen LogP contribution in [0.2, 0.25) is 0 Å². The summed E-state index contributed by atoms with van der Waals surface area (Å²) in [4.78, 5) is 5.04. The predicted molar refractivity (Wildman–Crippen MR) is 91.9 cm³/mol. The van der Waals surface area contributed by atoms with Crippen LogP contribution in [-0.2, 0) is 4.74 Å². The third-order valence-electron chi connectivity index (χ3n) is 4.63.